The zero-order valence-electron chi connectivity index (χ0n) is 17.5. The normalized spacial score (nSPS) is 24.0. The number of hydrogen-bond acceptors (Lipinski definition) is 6. The van der Waals surface area contributed by atoms with E-state index in [9.17, 15) is 14.4 Å². The number of fused-ring (bicyclic) bond motifs is 2. The van der Waals surface area contributed by atoms with E-state index in [0.717, 1.165) is 17.7 Å². The number of hydrogen-bond donors (Lipinski definition) is 2. The fraction of sp³-hybridized carbons (Fsp3) is 0.500. The molecule has 2 saturated heterocycles. The SMILES string of the molecule is Cc1ccc(SC(C)C(=O)OC2CC3CCC(C2)N3C)cc1.O=C(O)/C=C\C(=O)O. The standard InChI is InChI=1S/C18H25NO2S.C4H4O4/c1-12-4-8-17(9-5-12)22-13(2)18(20)21-16-10-14-6-7-15(11-16)19(14)3;5-3(6)1-2-4(7)8/h4-5,8-9,13-16H,6-7,10-11H2,1-3H3;1-2H,(H,5,6)(H,7,8)/b;2-1-. The second-order valence-corrected chi connectivity index (χ2v) is 9.08. The highest BCUT2D eigenvalue weighted by Crippen LogP contribution is 2.36. The van der Waals surface area contributed by atoms with Crippen molar-refractivity contribution < 1.29 is 29.3 Å². The van der Waals surface area contributed by atoms with E-state index in [1.54, 1.807) is 11.8 Å². The summed E-state index contributed by atoms with van der Waals surface area (Å²) in [7, 11) is 2.20. The van der Waals surface area contributed by atoms with Crippen LogP contribution >= 0.6 is 11.8 Å². The highest BCUT2D eigenvalue weighted by molar-refractivity contribution is 8.00. The number of carbonyl (C=O) groups excluding carboxylic acids is 1. The van der Waals surface area contributed by atoms with Crippen LogP contribution in [0.3, 0.4) is 0 Å². The maximum absolute atomic E-state index is 12.3. The van der Waals surface area contributed by atoms with Crippen molar-refractivity contribution in [1.29, 1.82) is 0 Å². The Morgan fingerprint density at radius 3 is 2.03 bits per heavy atom. The Balaban J connectivity index is 0.000000343. The first-order valence-corrected chi connectivity index (χ1v) is 10.8. The number of aliphatic carboxylic acids is 2. The molecular formula is C22H29NO6S. The third-order valence-corrected chi connectivity index (χ3v) is 6.46. The van der Waals surface area contributed by atoms with Crippen LogP contribution in [0.5, 0.6) is 0 Å². The highest BCUT2D eigenvalue weighted by Gasteiger charge is 2.40. The quantitative estimate of drug-likeness (QED) is 0.398. The van der Waals surface area contributed by atoms with Gasteiger partial charge in [-0.3, -0.25) is 4.79 Å². The summed E-state index contributed by atoms with van der Waals surface area (Å²) in [6, 6.07) is 9.51. The summed E-state index contributed by atoms with van der Waals surface area (Å²) < 4.78 is 5.79. The Morgan fingerprint density at radius 2 is 1.57 bits per heavy atom. The van der Waals surface area contributed by atoms with Crippen LogP contribution in [0.15, 0.2) is 41.3 Å². The smallest absolute Gasteiger partial charge is 0.328 e. The van der Waals surface area contributed by atoms with E-state index < -0.39 is 11.9 Å². The molecule has 7 nitrogen and oxygen atoms in total. The molecule has 0 spiro atoms. The van der Waals surface area contributed by atoms with Gasteiger partial charge in [0.25, 0.3) is 0 Å². The molecule has 2 N–H and O–H groups in total. The first-order chi connectivity index (χ1) is 14.2. The molecule has 2 heterocycles. The number of rotatable bonds is 6. The summed E-state index contributed by atoms with van der Waals surface area (Å²) in [5.74, 6) is -2.58. The minimum atomic E-state index is -1.26. The van der Waals surface area contributed by atoms with Crippen LogP contribution in [0.25, 0.3) is 0 Å². The second kappa shape index (κ2) is 11.2. The highest BCUT2D eigenvalue weighted by atomic mass is 32.2. The van der Waals surface area contributed by atoms with Crippen molar-refractivity contribution in [2.24, 2.45) is 0 Å². The molecule has 2 aliphatic rings. The molecule has 0 amide bonds. The van der Waals surface area contributed by atoms with Gasteiger partial charge in [-0.15, -0.1) is 11.8 Å². The molecule has 1 aromatic carbocycles. The Labute approximate surface area is 181 Å². The molecule has 3 atom stereocenters. The minimum Gasteiger partial charge on any atom is -0.478 e. The first-order valence-electron chi connectivity index (χ1n) is 9.95. The molecule has 2 aliphatic heterocycles. The van der Waals surface area contributed by atoms with Crippen LogP contribution in [0, 0.1) is 6.92 Å². The summed E-state index contributed by atoms with van der Waals surface area (Å²) >= 11 is 1.58. The Hall–Kier alpha value is -2.32. The molecule has 0 aliphatic carbocycles. The van der Waals surface area contributed by atoms with Crippen LogP contribution in [0.1, 0.15) is 38.2 Å². The number of esters is 1. The Kier molecular flexibility index (Phi) is 8.92. The topological polar surface area (TPSA) is 104 Å². The number of ether oxygens (including phenoxy) is 1. The van der Waals surface area contributed by atoms with Crippen molar-refractivity contribution in [2.45, 2.75) is 67.9 Å². The summed E-state index contributed by atoms with van der Waals surface area (Å²) in [4.78, 5) is 35.0. The summed E-state index contributed by atoms with van der Waals surface area (Å²) in [5, 5.41) is 15.5. The number of aryl methyl sites for hydroxylation is 1. The van der Waals surface area contributed by atoms with Crippen molar-refractivity contribution in [2.75, 3.05) is 7.05 Å². The first kappa shape index (κ1) is 24.0. The van der Waals surface area contributed by atoms with Crippen molar-refractivity contribution in [3.63, 3.8) is 0 Å². The third-order valence-electron chi connectivity index (χ3n) is 5.37. The lowest BCUT2D eigenvalue weighted by atomic mass is 10.0. The van der Waals surface area contributed by atoms with Crippen LogP contribution in [-0.2, 0) is 19.1 Å². The number of nitrogens with zero attached hydrogens (tertiary/aromatic N) is 1. The van der Waals surface area contributed by atoms with E-state index in [2.05, 4.69) is 43.1 Å². The molecule has 3 unspecified atom stereocenters. The molecule has 30 heavy (non-hydrogen) atoms. The van der Waals surface area contributed by atoms with Gasteiger partial charge in [-0.25, -0.2) is 9.59 Å². The number of carbonyl (C=O) groups is 3. The molecule has 8 heteroatoms. The summed E-state index contributed by atoms with van der Waals surface area (Å²) in [6.45, 7) is 4.01. The van der Waals surface area contributed by atoms with Gasteiger partial charge >= 0.3 is 17.9 Å². The van der Waals surface area contributed by atoms with Crippen LogP contribution < -0.4 is 0 Å². The average molecular weight is 436 g/mol. The number of thioether (sulfide) groups is 1. The number of carboxylic acid groups (broad SMARTS) is 2. The number of piperidine rings is 1. The van der Waals surface area contributed by atoms with Gasteiger partial charge in [-0.2, -0.15) is 0 Å². The predicted molar refractivity (Wildman–Crippen MR) is 115 cm³/mol. The fourth-order valence-electron chi connectivity index (χ4n) is 3.73. The zero-order valence-corrected chi connectivity index (χ0v) is 18.3. The third kappa shape index (κ3) is 7.50. The van der Waals surface area contributed by atoms with Gasteiger partial charge in [-0.05, 0) is 58.7 Å². The van der Waals surface area contributed by atoms with E-state index in [1.807, 2.05) is 6.92 Å². The van der Waals surface area contributed by atoms with Gasteiger partial charge in [-0.1, -0.05) is 17.7 Å². The van der Waals surface area contributed by atoms with Gasteiger partial charge < -0.3 is 19.8 Å². The van der Waals surface area contributed by atoms with Crippen molar-refractivity contribution in [3.05, 3.63) is 42.0 Å². The van der Waals surface area contributed by atoms with E-state index in [1.165, 1.54) is 18.4 Å². The average Bonchev–Trinajstić information content (AvgIpc) is 2.89. The van der Waals surface area contributed by atoms with Crippen molar-refractivity contribution in [3.8, 4) is 0 Å². The fourth-order valence-corrected chi connectivity index (χ4v) is 4.58. The van der Waals surface area contributed by atoms with Gasteiger partial charge in [0, 0.05) is 29.1 Å². The molecule has 3 rings (SSSR count). The van der Waals surface area contributed by atoms with Crippen LogP contribution in [0.2, 0.25) is 0 Å². The number of benzene rings is 1. The second-order valence-electron chi connectivity index (χ2n) is 7.66. The minimum absolute atomic E-state index is 0.0699. The van der Waals surface area contributed by atoms with Gasteiger partial charge in [0.1, 0.15) is 11.4 Å². The maximum Gasteiger partial charge on any atom is 0.328 e. The maximum atomic E-state index is 12.3. The van der Waals surface area contributed by atoms with Gasteiger partial charge in [0.05, 0.1) is 0 Å². The predicted octanol–water partition coefficient (Wildman–Crippen LogP) is 3.36. The molecule has 2 fully saturated rings. The Morgan fingerprint density at radius 1 is 1.07 bits per heavy atom. The molecular weight excluding hydrogens is 406 g/mol. The lowest BCUT2D eigenvalue weighted by Gasteiger charge is -2.36. The largest absolute Gasteiger partial charge is 0.478 e. The van der Waals surface area contributed by atoms with E-state index in [0.29, 0.717) is 24.2 Å². The van der Waals surface area contributed by atoms with E-state index in [-0.39, 0.29) is 17.3 Å². The van der Waals surface area contributed by atoms with Crippen LogP contribution in [0.4, 0.5) is 0 Å². The monoisotopic (exact) mass is 435 g/mol. The van der Waals surface area contributed by atoms with Crippen molar-refractivity contribution in [1.82, 2.24) is 4.90 Å². The lowest BCUT2D eigenvalue weighted by molar-refractivity contribution is -0.151. The van der Waals surface area contributed by atoms with E-state index >= 15 is 0 Å². The molecule has 0 radical (unpaired) electrons. The van der Waals surface area contributed by atoms with E-state index in [4.69, 9.17) is 14.9 Å². The molecule has 0 saturated carbocycles. The van der Waals surface area contributed by atoms with Crippen molar-refractivity contribution >= 4 is 29.7 Å². The Bertz CT molecular complexity index is 748. The molecule has 164 valence electrons. The lowest BCUT2D eigenvalue weighted by Crippen LogP contribution is -2.44. The van der Waals surface area contributed by atoms with Gasteiger partial charge in [0.15, 0.2) is 0 Å². The van der Waals surface area contributed by atoms with Crippen LogP contribution in [-0.4, -0.2) is 63.5 Å². The molecule has 0 aromatic heterocycles. The summed E-state index contributed by atoms with van der Waals surface area (Å²) in [6.07, 6.45) is 5.74. The number of carboxylic acids is 2. The zero-order chi connectivity index (χ0) is 22.3. The summed E-state index contributed by atoms with van der Waals surface area (Å²) in [5.41, 5.74) is 1.24. The molecule has 1 aromatic rings. The molecule has 2 bridgehead atoms. The van der Waals surface area contributed by atoms with Gasteiger partial charge in [0.2, 0.25) is 0 Å².